The van der Waals surface area contributed by atoms with Crippen molar-refractivity contribution in [3.8, 4) is 0 Å². The molecular weight excluding hydrogens is 279 g/mol. The normalized spacial score (nSPS) is 21.6. The quantitative estimate of drug-likeness (QED) is 0.681. The first-order valence-electron chi connectivity index (χ1n) is 6.86. The van der Waals surface area contributed by atoms with Gasteiger partial charge in [-0.05, 0) is 32.3 Å². The Morgan fingerprint density at radius 1 is 1.52 bits per heavy atom. The molecule has 1 aliphatic rings. The Morgan fingerprint density at radius 2 is 2.19 bits per heavy atom. The van der Waals surface area contributed by atoms with Crippen molar-refractivity contribution in [2.45, 2.75) is 45.2 Å². The summed E-state index contributed by atoms with van der Waals surface area (Å²) in [5.41, 5.74) is -1.07. The van der Waals surface area contributed by atoms with Gasteiger partial charge < -0.3 is 10.0 Å². The first kappa shape index (κ1) is 15.2. The third-order valence-electron chi connectivity index (χ3n) is 4.03. The van der Waals surface area contributed by atoms with Crippen LogP contribution in [0.3, 0.4) is 0 Å². The molecule has 0 radical (unpaired) electrons. The van der Waals surface area contributed by atoms with E-state index in [0.717, 1.165) is 25.3 Å². The molecule has 0 saturated carbocycles. The van der Waals surface area contributed by atoms with E-state index in [-0.39, 0.29) is 17.8 Å². The molecule has 6 nitrogen and oxygen atoms in total. The number of hydrogen-bond acceptors (Lipinski definition) is 4. The van der Waals surface area contributed by atoms with Gasteiger partial charge in [-0.2, -0.15) is 0 Å². The first-order chi connectivity index (χ1) is 9.86. The number of halogens is 1. The average molecular weight is 296 g/mol. The van der Waals surface area contributed by atoms with E-state index in [1.54, 1.807) is 0 Å². The van der Waals surface area contributed by atoms with Gasteiger partial charge in [0.15, 0.2) is 5.82 Å². The summed E-state index contributed by atoms with van der Waals surface area (Å²) in [7, 11) is 0. The number of nitro benzene ring substituents is 1. The van der Waals surface area contributed by atoms with Crippen molar-refractivity contribution < 1.29 is 19.2 Å². The fourth-order valence-corrected chi connectivity index (χ4v) is 2.98. The van der Waals surface area contributed by atoms with Gasteiger partial charge in [-0.15, -0.1) is 0 Å². The van der Waals surface area contributed by atoms with Crippen LogP contribution in [0.1, 0.15) is 43.5 Å². The summed E-state index contributed by atoms with van der Waals surface area (Å²) >= 11 is 0. The molecule has 0 spiro atoms. The molecule has 0 aliphatic carbocycles. The van der Waals surface area contributed by atoms with E-state index in [0.29, 0.717) is 6.07 Å². The molecule has 1 N–H and O–H groups in total. The van der Waals surface area contributed by atoms with Crippen LogP contribution >= 0.6 is 0 Å². The van der Waals surface area contributed by atoms with Gasteiger partial charge in [0.2, 0.25) is 0 Å². The van der Waals surface area contributed by atoms with Crippen molar-refractivity contribution in [1.29, 1.82) is 0 Å². The number of benzene rings is 1. The number of nitro groups is 1. The van der Waals surface area contributed by atoms with E-state index in [9.17, 15) is 19.3 Å². The topological polar surface area (TPSA) is 83.7 Å². The highest BCUT2D eigenvalue weighted by atomic mass is 19.1. The van der Waals surface area contributed by atoms with Gasteiger partial charge in [-0.1, -0.05) is 6.92 Å². The lowest BCUT2D eigenvalue weighted by atomic mass is 10.1. The molecule has 2 atom stereocenters. The molecule has 1 aromatic rings. The molecule has 21 heavy (non-hydrogen) atoms. The summed E-state index contributed by atoms with van der Waals surface area (Å²) in [5.74, 6) is -2.18. The van der Waals surface area contributed by atoms with E-state index in [4.69, 9.17) is 5.11 Å². The maximum Gasteiger partial charge on any atom is 0.342 e. The van der Waals surface area contributed by atoms with Crippen LogP contribution in [-0.4, -0.2) is 28.1 Å². The molecule has 0 aromatic heterocycles. The van der Waals surface area contributed by atoms with Crippen molar-refractivity contribution in [3.63, 3.8) is 0 Å². The monoisotopic (exact) mass is 296 g/mol. The summed E-state index contributed by atoms with van der Waals surface area (Å²) in [6.07, 6.45) is 2.59. The maximum absolute atomic E-state index is 14.2. The van der Waals surface area contributed by atoms with E-state index >= 15 is 0 Å². The summed E-state index contributed by atoms with van der Waals surface area (Å²) in [4.78, 5) is 23.0. The number of hydrogen-bond donors (Lipinski definition) is 1. The van der Waals surface area contributed by atoms with Crippen LogP contribution in [0, 0.1) is 15.9 Å². The van der Waals surface area contributed by atoms with Crippen LogP contribution in [0.25, 0.3) is 0 Å². The molecular formula is C14H17FN2O4. The van der Waals surface area contributed by atoms with Crippen LogP contribution in [0.2, 0.25) is 0 Å². The van der Waals surface area contributed by atoms with Crippen molar-refractivity contribution in [2.75, 3.05) is 4.90 Å². The van der Waals surface area contributed by atoms with Crippen LogP contribution < -0.4 is 4.90 Å². The highest BCUT2D eigenvalue weighted by molar-refractivity contribution is 5.93. The fourth-order valence-electron chi connectivity index (χ4n) is 2.98. The first-order valence-corrected chi connectivity index (χ1v) is 6.86. The Hall–Kier alpha value is -2.18. The van der Waals surface area contributed by atoms with Gasteiger partial charge in [0.05, 0.1) is 16.7 Å². The number of carboxylic acid groups (broad SMARTS) is 1. The Labute approximate surface area is 121 Å². The van der Waals surface area contributed by atoms with Gasteiger partial charge in [-0.3, -0.25) is 10.1 Å². The van der Waals surface area contributed by atoms with Gasteiger partial charge in [0.25, 0.3) is 5.69 Å². The number of carboxylic acids is 1. The zero-order chi connectivity index (χ0) is 15.7. The molecule has 1 fully saturated rings. The van der Waals surface area contributed by atoms with Crippen LogP contribution in [0.5, 0.6) is 0 Å². The summed E-state index contributed by atoms with van der Waals surface area (Å²) < 4.78 is 14.2. The highest BCUT2D eigenvalue weighted by Crippen LogP contribution is 2.36. The van der Waals surface area contributed by atoms with E-state index in [1.165, 1.54) is 0 Å². The minimum atomic E-state index is -1.43. The lowest BCUT2D eigenvalue weighted by Gasteiger charge is -2.30. The third-order valence-corrected chi connectivity index (χ3v) is 4.03. The van der Waals surface area contributed by atoms with Crippen LogP contribution in [0.4, 0.5) is 15.8 Å². The number of nitrogens with zero attached hydrogens (tertiary/aromatic N) is 2. The second-order valence-electron chi connectivity index (χ2n) is 5.28. The average Bonchev–Trinajstić information content (AvgIpc) is 2.79. The smallest absolute Gasteiger partial charge is 0.342 e. The van der Waals surface area contributed by atoms with Crippen molar-refractivity contribution in [3.05, 3.63) is 33.6 Å². The number of aromatic carboxylic acids is 1. The Balaban J connectivity index is 2.57. The highest BCUT2D eigenvalue weighted by Gasteiger charge is 2.33. The minimum absolute atomic E-state index is 0.0764. The van der Waals surface area contributed by atoms with E-state index < -0.39 is 28.0 Å². The van der Waals surface area contributed by atoms with E-state index in [2.05, 4.69) is 0 Å². The summed E-state index contributed by atoms with van der Waals surface area (Å²) in [6, 6.07) is 1.99. The molecule has 114 valence electrons. The van der Waals surface area contributed by atoms with Gasteiger partial charge in [-0.25, -0.2) is 9.18 Å². The standard InChI is InChI=1S/C14H17FN2O4/c1-3-9-5-4-8(2)16(9)13-6-10(14(18)19)12(17(20)21)7-11(13)15/h6-9H,3-5H2,1-2H3,(H,18,19). The van der Waals surface area contributed by atoms with Crippen molar-refractivity contribution >= 4 is 17.3 Å². The molecule has 0 amide bonds. The number of carbonyl (C=O) groups is 1. The van der Waals surface area contributed by atoms with Gasteiger partial charge >= 0.3 is 5.97 Å². The van der Waals surface area contributed by atoms with Crippen molar-refractivity contribution in [2.24, 2.45) is 0 Å². The van der Waals surface area contributed by atoms with Crippen molar-refractivity contribution in [1.82, 2.24) is 0 Å². The summed E-state index contributed by atoms with van der Waals surface area (Å²) in [5, 5.41) is 20.0. The lowest BCUT2D eigenvalue weighted by Crippen LogP contribution is -2.35. The molecule has 1 aromatic carbocycles. The second kappa shape index (κ2) is 5.67. The predicted molar refractivity (Wildman–Crippen MR) is 75.3 cm³/mol. The second-order valence-corrected chi connectivity index (χ2v) is 5.28. The Morgan fingerprint density at radius 3 is 2.71 bits per heavy atom. The number of anilines is 1. The van der Waals surface area contributed by atoms with E-state index in [1.807, 2.05) is 18.7 Å². The van der Waals surface area contributed by atoms with Gasteiger partial charge in [0.1, 0.15) is 5.56 Å². The SMILES string of the molecule is CCC1CCC(C)N1c1cc(C(=O)O)c([N+](=O)[O-])cc1F. The number of rotatable bonds is 4. The molecule has 0 bridgehead atoms. The molecule has 1 aliphatic heterocycles. The van der Waals surface area contributed by atoms with Gasteiger partial charge in [0, 0.05) is 12.1 Å². The molecule has 2 rings (SSSR count). The zero-order valence-corrected chi connectivity index (χ0v) is 11.9. The predicted octanol–water partition coefficient (Wildman–Crippen LogP) is 3.20. The van der Waals surface area contributed by atoms with Crippen LogP contribution in [0.15, 0.2) is 12.1 Å². The lowest BCUT2D eigenvalue weighted by molar-refractivity contribution is -0.385. The molecule has 1 saturated heterocycles. The molecule has 2 unspecified atom stereocenters. The zero-order valence-electron chi connectivity index (χ0n) is 11.9. The molecule has 7 heteroatoms. The Kier molecular flexibility index (Phi) is 4.11. The van der Waals surface area contributed by atoms with Crippen LogP contribution in [-0.2, 0) is 0 Å². The third kappa shape index (κ3) is 2.68. The summed E-state index contributed by atoms with van der Waals surface area (Å²) in [6.45, 7) is 3.92. The maximum atomic E-state index is 14.2. The fraction of sp³-hybridized carbons (Fsp3) is 0.500. The minimum Gasteiger partial charge on any atom is -0.477 e. The molecule has 1 heterocycles. The largest absolute Gasteiger partial charge is 0.477 e. The Bertz CT molecular complexity index is 591.